The van der Waals surface area contributed by atoms with Gasteiger partial charge >= 0.3 is 15.6 Å². The van der Waals surface area contributed by atoms with Gasteiger partial charge in [-0.15, -0.1) is 0 Å². The minimum Gasteiger partial charge on any atom is -0.485 e. The van der Waals surface area contributed by atoms with Gasteiger partial charge in [-0.25, -0.2) is 0 Å². The lowest BCUT2D eigenvalue weighted by Gasteiger charge is -2.09. The van der Waals surface area contributed by atoms with Crippen molar-refractivity contribution in [3.05, 3.63) is 23.8 Å². The fourth-order valence-corrected chi connectivity index (χ4v) is 1.75. The third-order valence-electron chi connectivity index (χ3n) is 2.10. The maximum atomic E-state index is 12.1. The number of ether oxygens (including phenoxy) is 1. The normalized spacial score (nSPS) is 15.2. The van der Waals surface area contributed by atoms with Gasteiger partial charge in [-0.3, -0.25) is 4.79 Å². The van der Waals surface area contributed by atoms with Gasteiger partial charge in [0.15, 0.2) is 6.61 Å². The largest absolute Gasteiger partial charge is 0.534 e. The lowest BCUT2D eigenvalue weighted by molar-refractivity contribution is -0.0500. The number of carbonyl (C=O) groups excluding carboxylic acids is 1. The molecule has 0 spiro atoms. The summed E-state index contributed by atoms with van der Waals surface area (Å²) < 4.78 is 66.4. The molecular formula is C9H5F3O5S. The van der Waals surface area contributed by atoms with E-state index in [1.54, 1.807) is 0 Å². The van der Waals surface area contributed by atoms with E-state index in [2.05, 4.69) is 4.18 Å². The highest BCUT2D eigenvalue weighted by molar-refractivity contribution is 7.88. The molecular weight excluding hydrogens is 277 g/mol. The highest BCUT2D eigenvalue weighted by atomic mass is 32.2. The quantitative estimate of drug-likeness (QED) is 0.607. The summed E-state index contributed by atoms with van der Waals surface area (Å²) in [5.41, 5.74) is -5.34. The Morgan fingerprint density at radius 2 is 1.94 bits per heavy atom. The van der Waals surface area contributed by atoms with Crippen molar-refractivity contribution in [2.24, 2.45) is 0 Å². The van der Waals surface area contributed by atoms with E-state index in [4.69, 9.17) is 4.74 Å². The van der Waals surface area contributed by atoms with E-state index in [1.807, 2.05) is 0 Å². The number of ketones is 1. The van der Waals surface area contributed by atoms with Crippen LogP contribution in [-0.2, 0) is 10.1 Å². The zero-order chi connectivity index (χ0) is 13.6. The van der Waals surface area contributed by atoms with Crippen LogP contribution in [0.3, 0.4) is 0 Å². The molecule has 2 rings (SSSR count). The third-order valence-corrected chi connectivity index (χ3v) is 3.08. The maximum absolute atomic E-state index is 12.1. The molecule has 0 N–H and O–H groups in total. The van der Waals surface area contributed by atoms with Crippen LogP contribution in [0.2, 0.25) is 0 Å². The molecule has 0 aliphatic carbocycles. The first kappa shape index (κ1) is 12.7. The average molecular weight is 282 g/mol. The molecule has 1 heterocycles. The minimum atomic E-state index is -5.72. The second-order valence-corrected chi connectivity index (χ2v) is 4.89. The number of halogens is 3. The lowest BCUT2D eigenvalue weighted by Crippen LogP contribution is -2.28. The fourth-order valence-electron chi connectivity index (χ4n) is 1.30. The van der Waals surface area contributed by atoms with Crippen molar-refractivity contribution in [1.29, 1.82) is 0 Å². The molecule has 18 heavy (non-hydrogen) atoms. The fraction of sp³-hybridized carbons (Fsp3) is 0.222. The molecule has 9 heteroatoms. The first-order valence-corrected chi connectivity index (χ1v) is 5.92. The van der Waals surface area contributed by atoms with Crippen molar-refractivity contribution in [2.75, 3.05) is 6.61 Å². The van der Waals surface area contributed by atoms with Gasteiger partial charge in [-0.2, -0.15) is 21.6 Å². The number of hydrogen-bond acceptors (Lipinski definition) is 5. The Balaban J connectivity index is 2.30. The average Bonchev–Trinajstić information content (AvgIpc) is 2.58. The van der Waals surface area contributed by atoms with Crippen LogP contribution >= 0.6 is 0 Å². The number of carbonyl (C=O) groups is 1. The molecule has 98 valence electrons. The molecule has 0 unspecified atom stereocenters. The topological polar surface area (TPSA) is 69.7 Å². The van der Waals surface area contributed by atoms with Crippen molar-refractivity contribution in [3.63, 3.8) is 0 Å². The van der Waals surface area contributed by atoms with Crippen molar-refractivity contribution >= 4 is 15.9 Å². The zero-order valence-corrected chi connectivity index (χ0v) is 9.34. The number of Topliss-reactive ketones (excluding diaryl/α,β-unsaturated/α-hetero) is 1. The lowest BCUT2D eigenvalue weighted by atomic mass is 10.1. The Morgan fingerprint density at radius 1 is 1.28 bits per heavy atom. The Kier molecular flexibility index (Phi) is 2.73. The molecule has 0 aromatic heterocycles. The van der Waals surface area contributed by atoms with Gasteiger partial charge in [0.1, 0.15) is 11.5 Å². The first-order chi connectivity index (χ1) is 8.21. The summed E-state index contributed by atoms with van der Waals surface area (Å²) in [6.45, 7) is -0.231. The molecule has 0 amide bonds. The number of alkyl halides is 3. The van der Waals surface area contributed by atoms with E-state index in [1.165, 1.54) is 0 Å². The van der Waals surface area contributed by atoms with Crippen LogP contribution in [0.4, 0.5) is 13.2 Å². The van der Waals surface area contributed by atoms with E-state index in [9.17, 15) is 26.4 Å². The van der Waals surface area contributed by atoms with Crippen molar-refractivity contribution in [1.82, 2.24) is 0 Å². The van der Waals surface area contributed by atoms with Gasteiger partial charge < -0.3 is 8.92 Å². The van der Waals surface area contributed by atoms with Crippen LogP contribution in [0.1, 0.15) is 10.4 Å². The van der Waals surface area contributed by atoms with E-state index < -0.39 is 21.4 Å². The van der Waals surface area contributed by atoms with Crippen LogP contribution in [-0.4, -0.2) is 26.3 Å². The smallest absolute Gasteiger partial charge is 0.485 e. The molecule has 0 saturated carbocycles. The molecule has 1 aromatic rings. The standard InChI is InChI=1S/C9H5F3O5S/c10-9(11,12)18(14,15)17-5-1-2-6-7(13)4-16-8(6)3-5/h1-3H,4H2. The van der Waals surface area contributed by atoms with Crippen LogP contribution in [0.5, 0.6) is 11.5 Å². The van der Waals surface area contributed by atoms with Gasteiger partial charge in [0.2, 0.25) is 5.78 Å². The van der Waals surface area contributed by atoms with Gasteiger partial charge in [-0.1, -0.05) is 0 Å². The molecule has 0 radical (unpaired) electrons. The zero-order valence-electron chi connectivity index (χ0n) is 8.52. The Hall–Kier alpha value is -1.77. The SMILES string of the molecule is O=C1COc2cc(OS(=O)(=O)C(F)(F)F)ccc21. The van der Waals surface area contributed by atoms with Gasteiger partial charge in [0.25, 0.3) is 0 Å². The second kappa shape index (κ2) is 3.87. The van der Waals surface area contributed by atoms with Crippen molar-refractivity contribution in [2.45, 2.75) is 5.51 Å². The Labute approximate surface area is 99.2 Å². The molecule has 1 aliphatic rings. The molecule has 1 aliphatic heterocycles. The van der Waals surface area contributed by atoms with Crippen molar-refractivity contribution in [3.8, 4) is 11.5 Å². The van der Waals surface area contributed by atoms with Gasteiger partial charge in [0.05, 0.1) is 5.56 Å². The molecule has 1 aromatic carbocycles. The molecule has 0 bridgehead atoms. The van der Waals surface area contributed by atoms with Crippen LogP contribution in [0.15, 0.2) is 18.2 Å². The number of fused-ring (bicyclic) bond motifs is 1. The monoisotopic (exact) mass is 282 g/mol. The molecule has 0 fully saturated rings. The highest BCUT2D eigenvalue weighted by Gasteiger charge is 2.48. The summed E-state index contributed by atoms with van der Waals surface area (Å²) in [4.78, 5) is 11.2. The molecule has 5 nitrogen and oxygen atoms in total. The predicted octanol–water partition coefficient (Wildman–Crippen LogP) is 1.49. The summed E-state index contributed by atoms with van der Waals surface area (Å²) >= 11 is 0. The second-order valence-electron chi connectivity index (χ2n) is 3.35. The third kappa shape index (κ3) is 2.13. The number of benzene rings is 1. The highest BCUT2D eigenvalue weighted by Crippen LogP contribution is 2.32. The summed E-state index contributed by atoms with van der Waals surface area (Å²) in [6, 6.07) is 3.02. The van der Waals surface area contributed by atoms with Crippen LogP contribution in [0, 0.1) is 0 Å². The molecule has 0 atom stereocenters. The number of rotatable bonds is 2. The Morgan fingerprint density at radius 3 is 2.56 bits per heavy atom. The van der Waals surface area contributed by atoms with Crippen LogP contribution < -0.4 is 8.92 Å². The summed E-state index contributed by atoms with van der Waals surface area (Å²) in [6.07, 6.45) is 0. The number of hydrogen-bond donors (Lipinski definition) is 0. The predicted molar refractivity (Wildman–Crippen MR) is 51.9 cm³/mol. The van der Waals surface area contributed by atoms with E-state index in [-0.39, 0.29) is 23.7 Å². The maximum Gasteiger partial charge on any atom is 0.534 e. The van der Waals surface area contributed by atoms with Crippen molar-refractivity contribution < 1.29 is 35.3 Å². The van der Waals surface area contributed by atoms with E-state index >= 15 is 0 Å². The Bertz CT molecular complexity index is 605. The van der Waals surface area contributed by atoms with E-state index in [0.717, 1.165) is 18.2 Å². The summed E-state index contributed by atoms with van der Waals surface area (Å²) in [5, 5.41) is 0. The minimum absolute atomic E-state index is 0.00475. The van der Waals surface area contributed by atoms with Gasteiger partial charge in [-0.05, 0) is 12.1 Å². The van der Waals surface area contributed by atoms with Crippen LogP contribution in [0.25, 0.3) is 0 Å². The van der Waals surface area contributed by atoms with Gasteiger partial charge in [0, 0.05) is 6.07 Å². The molecule has 0 saturated heterocycles. The summed E-state index contributed by atoms with van der Waals surface area (Å²) in [5.74, 6) is -0.911. The van der Waals surface area contributed by atoms with E-state index in [0.29, 0.717) is 0 Å². The summed E-state index contributed by atoms with van der Waals surface area (Å²) in [7, 11) is -5.72. The first-order valence-electron chi connectivity index (χ1n) is 4.51.